The summed E-state index contributed by atoms with van der Waals surface area (Å²) < 4.78 is 9.08. The quantitative estimate of drug-likeness (QED) is 0.312. The lowest BCUT2D eigenvalue weighted by Gasteiger charge is -2.23. The maximum absolute atomic E-state index is 13.3. The fourth-order valence-electron chi connectivity index (χ4n) is 5.51. The van der Waals surface area contributed by atoms with Crippen molar-refractivity contribution >= 4 is 29.0 Å². The Hall–Kier alpha value is -4.16. The molecule has 6 rings (SSSR count). The van der Waals surface area contributed by atoms with Crippen LogP contribution in [0.2, 0.25) is 0 Å². The number of benzene rings is 1. The maximum atomic E-state index is 13.3. The van der Waals surface area contributed by atoms with Crippen LogP contribution in [0, 0.1) is 0 Å². The van der Waals surface area contributed by atoms with E-state index >= 15 is 0 Å². The van der Waals surface area contributed by atoms with Gasteiger partial charge in [-0.25, -0.2) is 9.50 Å². The largest absolute Gasteiger partial charge is 0.497 e. The number of imidazole rings is 1. The highest BCUT2D eigenvalue weighted by molar-refractivity contribution is 5.95. The van der Waals surface area contributed by atoms with Crippen LogP contribution in [-0.2, 0) is 0 Å². The predicted octanol–water partition coefficient (Wildman–Crippen LogP) is 2.23. The minimum absolute atomic E-state index is 0.00301. The highest BCUT2D eigenvalue weighted by Gasteiger charge is 2.30. The average molecular weight is 533 g/mol. The van der Waals surface area contributed by atoms with Gasteiger partial charge in [0.25, 0.3) is 5.91 Å². The summed E-state index contributed by atoms with van der Waals surface area (Å²) in [5, 5.41) is 27.4. The number of aromatic nitrogens is 5. The minimum Gasteiger partial charge on any atom is -0.497 e. The summed E-state index contributed by atoms with van der Waals surface area (Å²) in [7, 11) is 1.57. The molecule has 4 aromatic rings. The van der Waals surface area contributed by atoms with Crippen molar-refractivity contribution in [2.75, 3.05) is 43.6 Å². The number of carbonyl (C=O) groups excluding carboxylic acids is 1. The van der Waals surface area contributed by atoms with E-state index in [4.69, 9.17) is 9.72 Å². The standard InChI is InChI=1S/C27H32N8O4/c1-39-22-12-18(26(38)33-8-2-5-19(33)15-36)11-21(13-22)32-14-24(28-17-32)29-25-23-7-4-10-35(23)31-27(30-25)34-9-3-6-20(34)16-37/h4,7,10-14,17,19-20,36-37H,2-3,5-6,8-9,15-16H2,1H3,(H,29,30,31)/t19-,20-/m0/s1. The molecule has 0 bridgehead atoms. The molecule has 2 saturated heterocycles. The van der Waals surface area contributed by atoms with Crippen LogP contribution >= 0.6 is 0 Å². The number of nitrogens with one attached hydrogen (secondary N) is 1. The first-order chi connectivity index (χ1) is 19.1. The fourth-order valence-corrected chi connectivity index (χ4v) is 5.51. The van der Waals surface area contributed by atoms with Gasteiger partial charge in [-0.15, -0.1) is 5.10 Å². The minimum atomic E-state index is -0.159. The van der Waals surface area contributed by atoms with Gasteiger partial charge in [0.1, 0.15) is 23.4 Å². The Kier molecular flexibility index (Phi) is 6.79. The summed E-state index contributed by atoms with van der Waals surface area (Å²) in [5.74, 6) is 2.15. The summed E-state index contributed by atoms with van der Waals surface area (Å²) in [6.45, 7) is 1.43. The average Bonchev–Trinajstić information content (AvgIpc) is 3.78. The molecule has 3 aromatic heterocycles. The molecule has 5 heterocycles. The van der Waals surface area contributed by atoms with E-state index in [0.29, 0.717) is 35.4 Å². The molecule has 3 N–H and O–H groups in total. The van der Waals surface area contributed by atoms with Crippen LogP contribution in [0.15, 0.2) is 49.1 Å². The summed E-state index contributed by atoms with van der Waals surface area (Å²) in [6, 6.07) is 9.04. The first-order valence-electron chi connectivity index (χ1n) is 13.2. The van der Waals surface area contributed by atoms with E-state index < -0.39 is 0 Å². The number of hydrogen-bond donors (Lipinski definition) is 3. The Labute approximate surface area is 225 Å². The van der Waals surface area contributed by atoms with Gasteiger partial charge < -0.3 is 34.6 Å². The van der Waals surface area contributed by atoms with Crippen molar-refractivity contribution in [3.05, 3.63) is 54.6 Å². The number of carbonyl (C=O) groups is 1. The van der Waals surface area contributed by atoms with E-state index in [-0.39, 0.29) is 31.2 Å². The van der Waals surface area contributed by atoms with Crippen molar-refractivity contribution in [1.82, 2.24) is 29.0 Å². The van der Waals surface area contributed by atoms with Crippen molar-refractivity contribution < 1.29 is 19.7 Å². The lowest BCUT2D eigenvalue weighted by molar-refractivity contribution is 0.0677. The second-order valence-corrected chi connectivity index (χ2v) is 9.96. The molecule has 0 radical (unpaired) electrons. The van der Waals surface area contributed by atoms with E-state index in [2.05, 4.69) is 15.4 Å². The van der Waals surface area contributed by atoms with E-state index in [1.165, 1.54) is 0 Å². The Bertz CT molecular complexity index is 1480. The third-order valence-electron chi connectivity index (χ3n) is 7.57. The Morgan fingerprint density at radius 1 is 1.13 bits per heavy atom. The molecule has 0 unspecified atom stereocenters. The van der Waals surface area contributed by atoms with Gasteiger partial charge in [-0.3, -0.25) is 4.79 Å². The third kappa shape index (κ3) is 4.77. The van der Waals surface area contributed by atoms with Crippen LogP contribution in [0.1, 0.15) is 36.0 Å². The van der Waals surface area contributed by atoms with Crippen LogP contribution < -0.4 is 15.0 Å². The molecule has 39 heavy (non-hydrogen) atoms. The van der Waals surface area contributed by atoms with Gasteiger partial charge in [-0.05, 0) is 49.9 Å². The number of hydrogen-bond acceptors (Lipinski definition) is 9. The molecule has 0 aliphatic carbocycles. The molecule has 204 valence electrons. The molecule has 0 spiro atoms. The molecular formula is C27H32N8O4. The zero-order valence-electron chi connectivity index (χ0n) is 21.8. The Morgan fingerprint density at radius 2 is 1.95 bits per heavy atom. The number of rotatable bonds is 8. The highest BCUT2D eigenvalue weighted by Crippen LogP contribution is 2.28. The smallest absolute Gasteiger partial charge is 0.254 e. The Balaban J connectivity index is 1.29. The number of aliphatic hydroxyl groups is 2. The van der Waals surface area contributed by atoms with E-state index in [9.17, 15) is 15.0 Å². The maximum Gasteiger partial charge on any atom is 0.254 e. The predicted molar refractivity (Wildman–Crippen MR) is 145 cm³/mol. The lowest BCUT2D eigenvalue weighted by Crippen LogP contribution is -2.37. The van der Waals surface area contributed by atoms with E-state index in [1.807, 2.05) is 40.1 Å². The number of anilines is 3. The van der Waals surface area contributed by atoms with Crippen molar-refractivity contribution in [2.24, 2.45) is 0 Å². The van der Waals surface area contributed by atoms with Crippen LogP contribution in [0.5, 0.6) is 5.75 Å². The number of aliphatic hydroxyl groups excluding tert-OH is 2. The first-order valence-corrected chi connectivity index (χ1v) is 13.2. The van der Waals surface area contributed by atoms with Crippen molar-refractivity contribution in [1.29, 1.82) is 0 Å². The molecular weight excluding hydrogens is 500 g/mol. The van der Waals surface area contributed by atoms with Crippen LogP contribution in [-0.4, -0.2) is 90.7 Å². The van der Waals surface area contributed by atoms with E-state index in [0.717, 1.165) is 43.4 Å². The second-order valence-electron chi connectivity index (χ2n) is 9.96. The summed E-state index contributed by atoms with van der Waals surface area (Å²) in [6.07, 6.45) is 8.91. The summed E-state index contributed by atoms with van der Waals surface area (Å²) in [4.78, 5) is 26.4. The van der Waals surface area contributed by atoms with Crippen molar-refractivity contribution in [3.63, 3.8) is 0 Å². The third-order valence-corrected chi connectivity index (χ3v) is 7.57. The molecule has 1 aromatic carbocycles. The molecule has 12 nitrogen and oxygen atoms in total. The van der Waals surface area contributed by atoms with Crippen molar-refractivity contribution in [2.45, 2.75) is 37.8 Å². The zero-order chi connectivity index (χ0) is 26.9. The van der Waals surface area contributed by atoms with Gasteiger partial charge in [0.05, 0.1) is 44.3 Å². The summed E-state index contributed by atoms with van der Waals surface area (Å²) >= 11 is 0. The number of likely N-dealkylation sites (tertiary alicyclic amines) is 1. The van der Waals surface area contributed by atoms with Crippen molar-refractivity contribution in [3.8, 4) is 11.4 Å². The second kappa shape index (κ2) is 10.5. The van der Waals surface area contributed by atoms with Gasteiger partial charge in [-0.1, -0.05) is 0 Å². The zero-order valence-corrected chi connectivity index (χ0v) is 21.8. The number of ether oxygens (including phenoxy) is 1. The van der Waals surface area contributed by atoms with Crippen LogP contribution in [0.4, 0.5) is 17.6 Å². The van der Waals surface area contributed by atoms with Gasteiger partial charge in [-0.2, -0.15) is 4.98 Å². The van der Waals surface area contributed by atoms with E-state index in [1.54, 1.807) is 35.0 Å². The normalized spacial score (nSPS) is 19.3. The van der Waals surface area contributed by atoms with Crippen LogP contribution in [0.3, 0.4) is 0 Å². The number of methoxy groups -OCH3 is 1. The molecule has 2 aliphatic heterocycles. The van der Waals surface area contributed by atoms with Gasteiger partial charge in [0.15, 0.2) is 5.82 Å². The highest BCUT2D eigenvalue weighted by atomic mass is 16.5. The van der Waals surface area contributed by atoms with Crippen LogP contribution in [0.25, 0.3) is 11.2 Å². The molecule has 2 fully saturated rings. The topological polar surface area (TPSA) is 133 Å². The van der Waals surface area contributed by atoms with Gasteiger partial charge in [0, 0.05) is 30.9 Å². The molecule has 2 atom stereocenters. The first kappa shape index (κ1) is 25.1. The Morgan fingerprint density at radius 3 is 2.77 bits per heavy atom. The SMILES string of the molecule is COc1cc(C(=O)N2CCC[C@H]2CO)cc(-n2cnc(Nc3nc(N4CCC[C@H]4CO)nn4cccc34)c2)c1. The number of amides is 1. The number of nitrogens with zero attached hydrogens (tertiary/aromatic N) is 7. The van der Waals surface area contributed by atoms with Gasteiger partial charge in [0.2, 0.25) is 5.95 Å². The molecule has 0 saturated carbocycles. The van der Waals surface area contributed by atoms with Gasteiger partial charge >= 0.3 is 0 Å². The lowest BCUT2D eigenvalue weighted by atomic mass is 10.1. The monoisotopic (exact) mass is 532 g/mol. The fraction of sp³-hybridized carbons (Fsp3) is 0.407. The summed E-state index contributed by atoms with van der Waals surface area (Å²) in [5.41, 5.74) is 2.01. The number of fused-ring (bicyclic) bond motifs is 1. The molecule has 12 heteroatoms. The molecule has 2 aliphatic rings. The molecule has 1 amide bonds.